The minimum absolute atomic E-state index is 0.00538. The van der Waals surface area contributed by atoms with Gasteiger partial charge in [-0.15, -0.1) is 11.8 Å². The molecule has 1 unspecified atom stereocenters. The summed E-state index contributed by atoms with van der Waals surface area (Å²) < 4.78 is 0. The van der Waals surface area contributed by atoms with Crippen LogP contribution in [0.4, 0.5) is 5.69 Å². The summed E-state index contributed by atoms with van der Waals surface area (Å²) >= 11 is 7.23. The van der Waals surface area contributed by atoms with E-state index >= 15 is 0 Å². The fourth-order valence-corrected chi connectivity index (χ4v) is 2.95. The number of hydrogen-bond donors (Lipinski definition) is 1. The van der Waals surface area contributed by atoms with E-state index in [-0.39, 0.29) is 23.4 Å². The molecule has 1 amide bonds. The van der Waals surface area contributed by atoms with Crippen LogP contribution in [0.2, 0.25) is 5.02 Å². The van der Waals surface area contributed by atoms with Crippen molar-refractivity contribution in [1.82, 2.24) is 5.32 Å². The first-order valence-electron chi connectivity index (χ1n) is 6.89. The van der Waals surface area contributed by atoms with Gasteiger partial charge in [-0.3, -0.25) is 14.9 Å². The van der Waals surface area contributed by atoms with Crippen LogP contribution in [-0.2, 0) is 11.3 Å². The molecule has 0 saturated carbocycles. The minimum Gasteiger partial charge on any atom is -0.351 e. The maximum absolute atomic E-state index is 12.1. The number of hydrogen-bond acceptors (Lipinski definition) is 4. The molecule has 1 N–H and O–H groups in total. The van der Waals surface area contributed by atoms with Crippen molar-refractivity contribution >= 4 is 35.0 Å². The molecule has 2 rings (SSSR count). The Labute approximate surface area is 143 Å². The summed E-state index contributed by atoms with van der Waals surface area (Å²) in [6.07, 6.45) is 0. The molecule has 5 nitrogen and oxygen atoms in total. The highest BCUT2D eigenvalue weighted by atomic mass is 35.5. The Morgan fingerprint density at radius 1 is 1.26 bits per heavy atom. The van der Waals surface area contributed by atoms with Gasteiger partial charge in [0.25, 0.3) is 5.69 Å². The van der Waals surface area contributed by atoms with Gasteiger partial charge in [-0.25, -0.2) is 0 Å². The van der Waals surface area contributed by atoms with E-state index in [1.165, 1.54) is 17.8 Å². The molecule has 0 radical (unpaired) electrons. The van der Waals surface area contributed by atoms with Gasteiger partial charge >= 0.3 is 0 Å². The number of halogens is 1. The Kier molecular flexibility index (Phi) is 6.01. The molecular formula is C16H15ClN2O3S. The number of nitro benzene ring substituents is 1. The number of rotatable bonds is 6. The van der Waals surface area contributed by atoms with E-state index in [0.717, 1.165) is 4.90 Å². The van der Waals surface area contributed by atoms with Gasteiger partial charge in [0.1, 0.15) is 0 Å². The molecular weight excluding hydrogens is 336 g/mol. The Bertz CT molecular complexity index is 707. The van der Waals surface area contributed by atoms with Crippen LogP contribution >= 0.6 is 23.4 Å². The van der Waals surface area contributed by atoms with Crippen molar-refractivity contribution in [2.75, 3.05) is 0 Å². The van der Waals surface area contributed by atoms with E-state index in [1.54, 1.807) is 37.3 Å². The van der Waals surface area contributed by atoms with Gasteiger partial charge in [0.15, 0.2) is 0 Å². The predicted molar refractivity (Wildman–Crippen MR) is 91.7 cm³/mol. The molecule has 7 heteroatoms. The third-order valence-electron chi connectivity index (χ3n) is 3.14. The van der Waals surface area contributed by atoms with Crippen molar-refractivity contribution in [2.24, 2.45) is 0 Å². The number of nitrogens with one attached hydrogen (secondary N) is 1. The molecule has 0 bridgehead atoms. The van der Waals surface area contributed by atoms with E-state index in [9.17, 15) is 14.9 Å². The SMILES string of the molecule is CC(Sc1ccc(Cl)cc1)C(=O)NCc1ccccc1[N+](=O)[O-]. The highest BCUT2D eigenvalue weighted by Crippen LogP contribution is 2.25. The molecule has 0 aliphatic rings. The fourth-order valence-electron chi connectivity index (χ4n) is 1.94. The highest BCUT2D eigenvalue weighted by molar-refractivity contribution is 8.00. The Morgan fingerprint density at radius 3 is 2.57 bits per heavy atom. The zero-order valence-electron chi connectivity index (χ0n) is 12.4. The number of para-hydroxylation sites is 1. The lowest BCUT2D eigenvalue weighted by molar-refractivity contribution is -0.385. The van der Waals surface area contributed by atoms with Gasteiger partial charge in [-0.1, -0.05) is 29.8 Å². The first-order chi connectivity index (χ1) is 11.0. The van der Waals surface area contributed by atoms with Crippen molar-refractivity contribution in [2.45, 2.75) is 23.6 Å². The molecule has 2 aromatic carbocycles. The van der Waals surface area contributed by atoms with Crippen LogP contribution in [0.5, 0.6) is 0 Å². The maximum atomic E-state index is 12.1. The molecule has 0 saturated heterocycles. The molecule has 23 heavy (non-hydrogen) atoms. The van der Waals surface area contributed by atoms with E-state index in [0.29, 0.717) is 10.6 Å². The summed E-state index contributed by atoms with van der Waals surface area (Å²) in [4.78, 5) is 23.6. The number of benzene rings is 2. The van der Waals surface area contributed by atoms with Gasteiger partial charge in [0.2, 0.25) is 5.91 Å². The van der Waals surface area contributed by atoms with Crippen molar-refractivity contribution in [1.29, 1.82) is 0 Å². The molecule has 0 fully saturated rings. The molecule has 0 aromatic heterocycles. The Hall–Kier alpha value is -2.05. The van der Waals surface area contributed by atoms with Crippen LogP contribution < -0.4 is 5.32 Å². The second kappa shape index (κ2) is 7.99. The summed E-state index contributed by atoms with van der Waals surface area (Å²) in [5.41, 5.74) is 0.486. The lowest BCUT2D eigenvalue weighted by atomic mass is 10.2. The molecule has 0 heterocycles. The first kappa shape index (κ1) is 17.3. The summed E-state index contributed by atoms with van der Waals surface area (Å²) in [7, 11) is 0. The van der Waals surface area contributed by atoms with Crippen LogP contribution in [0.15, 0.2) is 53.4 Å². The van der Waals surface area contributed by atoms with Crippen molar-refractivity contribution < 1.29 is 9.72 Å². The smallest absolute Gasteiger partial charge is 0.274 e. The first-order valence-corrected chi connectivity index (χ1v) is 8.15. The number of carbonyl (C=O) groups is 1. The molecule has 0 spiro atoms. The number of amides is 1. The summed E-state index contributed by atoms with van der Waals surface area (Å²) in [5, 5.41) is 14.0. The summed E-state index contributed by atoms with van der Waals surface area (Å²) in [6, 6.07) is 13.6. The average molecular weight is 351 g/mol. The molecule has 1 atom stereocenters. The quantitative estimate of drug-likeness (QED) is 0.484. The lowest BCUT2D eigenvalue weighted by Gasteiger charge is -2.12. The van der Waals surface area contributed by atoms with Crippen LogP contribution in [0, 0.1) is 10.1 Å². The van der Waals surface area contributed by atoms with Crippen LogP contribution in [0.3, 0.4) is 0 Å². The topological polar surface area (TPSA) is 72.2 Å². The normalized spacial score (nSPS) is 11.7. The second-order valence-electron chi connectivity index (χ2n) is 4.82. The van der Waals surface area contributed by atoms with Crippen LogP contribution in [0.1, 0.15) is 12.5 Å². The molecule has 120 valence electrons. The van der Waals surface area contributed by atoms with Gasteiger partial charge in [0.05, 0.1) is 10.2 Å². The molecule has 0 aliphatic carbocycles. The van der Waals surface area contributed by atoms with Crippen LogP contribution in [0.25, 0.3) is 0 Å². The van der Waals surface area contributed by atoms with Crippen molar-refractivity contribution in [3.8, 4) is 0 Å². The van der Waals surface area contributed by atoms with Crippen LogP contribution in [-0.4, -0.2) is 16.1 Å². The van der Waals surface area contributed by atoms with E-state index in [2.05, 4.69) is 5.32 Å². The van der Waals surface area contributed by atoms with Gasteiger partial charge in [0, 0.05) is 28.1 Å². The third kappa shape index (κ3) is 4.97. The van der Waals surface area contributed by atoms with E-state index < -0.39 is 4.92 Å². The predicted octanol–water partition coefficient (Wildman–Crippen LogP) is 4.05. The standard InChI is InChI=1S/C16H15ClN2O3S/c1-11(23-14-8-6-13(17)7-9-14)16(20)18-10-12-4-2-3-5-15(12)19(21)22/h2-9,11H,10H2,1H3,(H,18,20). The lowest BCUT2D eigenvalue weighted by Crippen LogP contribution is -2.30. The Balaban J connectivity index is 1.94. The van der Waals surface area contributed by atoms with E-state index in [4.69, 9.17) is 11.6 Å². The fraction of sp³-hybridized carbons (Fsp3) is 0.188. The molecule has 0 aliphatic heterocycles. The number of carbonyl (C=O) groups excluding carboxylic acids is 1. The van der Waals surface area contributed by atoms with E-state index in [1.807, 2.05) is 12.1 Å². The average Bonchev–Trinajstić information content (AvgIpc) is 2.54. The number of nitrogens with zero attached hydrogens (tertiary/aromatic N) is 1. The second-order valence-corrected chi connectivity index (χ2v) is 6.67. The largest absolute Gasteiger partial charge is 0.351 e. The zero-order valence-corrected chi connectivity index (χ0v) is 13.9. The third-order valence-corrected chi connectivity index (χ3v) is 4.50. The Morgan fingerprint density at radius 2 is 1.91 bits per heavy atom. The zero-order chi connectivity index (χ0) is 16.8. The van der Waals surface area contributed by atoms with Crippen molar-refractivity contribution in [3.63, 3.8) is 0 Å². The summed E-state index contributed by atoms with van der Waals surface area (Å²) in [5.74, 6) is -0.178. The van der Waals surface area contributed by atoms with Gasteiger partial charge in [-0.05, 0) is 31.2 Å². The minimum atomic E-state index is -0.451. The number of nitro groups is 1. The summed E-state index contributed by atoms with van der Waals surface area (Å²) in [6.45, 7) is 1.91. The number of thioether (sulfide) groups is 1. The molecule has 2 aromatic rings. The highest BCUT2D eigenvalue weighted by Gasteiger charge is 2.17. The van der Waals surface area contributed by atoms with Gasteiger partial charge < -0.3 is 5.32 Å². The maximum Gasteiger partial charge on any atom is 0.274 e. The monoisotopic (exact) mass is 350 g/mol. The van der Waals surface area contributed by atoms with Gasteiger partial charge in [-0.2, -0.15) is 0 Å². The van der Waals surface area contributed by atoms with Crippen molar-refractivity contribution in [3.05, 3.63) is 69.2 Å².